The zero-order valence-electron chi connectivity index (χ0n) is 13.4. The molecule has 5 heteroatoms. The molecule has 19 heavy (non-hydrogen) atoms. The summed E-state index contributed by atoms with van der Waals surface area (Å²) < 4.78 is 24.4. The van der Waals surface area contributed by atoms with E-state index < -0.39 is 12.9 Å². The molecule has 0 aromatic carbocycles. The van der Waals surface area contributed by atoms with Crippen LogP contribution >= 0.6 is 7.60 Å². The van der Waals surface area contributed by atoms with Gasteiger partial charge in [0.05, 0.1) is 13.2 Å². The fourth-order valence-electron chi connectivity index (χ4n) is 2.84. The zero-order valence-corrected chi connectivity index (χ0v) is 14.3. The summed E-state index contributed by atoms with van der Waals surface area (Å²) in [6, 6.07) is 0.342. The first-order valence-corrected chi connectivity index (χ1v) is 8.84. The highest BCUT2D eigenvalue weighted by Gasteiger charge is 2.61. The van der Waals surface area contributed by atoms with Crippen molar-refractivity contribution in [3.63, 3.8) is 0 Å². The summed E-state index contributed by atoms with van der Waals surface area (Å²) in [6.07, 6.45) is 0.977. The van der Waals surface area contributed by atoms with E-state index in [0.717, 1.165) is 6.42 Å². The van der Waals surface area contributed by atoms with Gasteiger partial charge in [-0.2, -0.15) is 0 Å². The van der Waals surface area contributed by atoms with Crippen LogP contribution in [0, 0.1) is 11.3 Å². The Morgan fingerprint density at radius 3 is 2.00 bits per heavy atom. The van der Waals surface area contributed by atoms with Crippen molar-refractivity contribution in [3.8, 4) is 0 Å². The zero-order chi connectivity index (χ0) is 14.9. The molecule has 1 heterocycles. The largest absolute Gasteiger partial charge is 0.350 e. The van der Waals surface area contributed by atoms with Crippen LogP contribution in [0.1, 0.15) is 54.9 Å². The Balaban J connectivity index is 3.15. The van der Waals surface area contributed by atoms with E-state index >= 15 is 0 Å². The van der Waals surface area contributed by atoms with Gasteiger partial charge in [-0.25, -0.2) is 0 Å². The maximum absolute atomic E-state index is 13.2. The normalized spacial score (nSPS) is 31.1. The Morgan fingerprint density at radius 1 is 1.21 bits per heavy atom. The second-order valence-corrected chi connectivity index (χ2v) is 8.89. The molecule has 1 aliphatic rings. The van der Waals surface area contributed by atoms with Gasteiger partial charge in [-0.1, -0.05) is 27.7 Å². The summed E-state index contributed by atoms with van der Waals surface area (Å²) in [5.74, 6) is 0.498. The third-order valence-corrected chi connectivity index (χ3v) is 7.49. The van der Waals surface area contributed by atoms with Crippen LogP contribution in [-0.4, -0.2) is 24.5 Å². The number of hydrogen-bond acceptors (Lipinski definition) is 4. The lowest BCUT2D eigenvalue weighted by Gasteiger charge is -2.42. The number of rotatable bonds is 6. The van der Waals surface area contributed by atoms with Gasteiger partial charge in [0.1, 0.15) is 5.28 Å². The topological polar surface area (TPSA) is 47.6 Å². The van der Waals surface area contributed by atoms with Crippen LogP contribution < -0.4 is 5.32 Å². The van der Waals surface area contributed by atoms with E-state index in [4.69, 9.17) is 9.05 Å². The summed E-state index contributed by atoms with van der Waals surface area (Å²) in [6.45, 7) is 15.2. The van der Waals surface area contributed by atoms with Crippen molar-refractivity contribution in [3.05, 3.63) is 0 Å². The molecule has 1 aliphatic heterocycles. The molecule has 0 aromatic rings. The van der Waals surface area contributed by atoms with Crippen LogP contribution in [0.5, 0.6) is 0 Å². The van der Waals surface area contributed by atoms with Crippen molar-refractivity contribution < 1.29 is 13.6 Å². The number of hydrogen-bond donors (Lipinski definition) is 1. The Morgan fingerprint density at radius 2 is 1.68 bits per heavy atom. The van der Waals surface area contributed by atoms with Gasteiger partial charge in [-0.15, -0.1) is 0 Å². The molecule has 1 saturated heterocycles. The second kappa shape index (κ2) is 5.85. The van der Waals surface area contributed by atoms with E-state index in [-0.39, 0.29) is 5.41 Å². The molecule has 0 amide bonds. The quantitative estimate of drug-likeness (QED) is 0.751. The SMILES string of the molecule is CCOP(=O)(OCC)[C@@]1(C)N[C@@H](C(C)C)CC1(C)C. The molecular weight excluding hydrogens is 261 g/mol. The molecule has 1 fully saturated rings. The Labute approximate surface area is 118 Å². The molecule has 0 aromatic heterocycles. The molecule has 0 saturated carbocycles. The molecule has 4 nitrogen and oxygen atoms in total. The molecule has 1 N–H and O–H groups in total. The molecule has 0 spiro atoms. The predicted octanol–water partition coefficient (Wildman–Crippen LogP) is 4.01. The Bertz CT molecular complexity index is 347. The first-order chi connectivity index (χ1) is 8.63. The van der Waals surface area contributed by atoms with E-state index in [0.29, 0.717) is 25.2 Å². The molecule has 0 unspecified atom stereocenters. The highest BCUT2D eigenvalue weighted by Crippen LogP contribution is 2.68. The van der Waals surface area contributed by atoms with E-state index in [1.807, 2.05) is 20.8 Å². The minimum atomic E-state index is -3.19. The van der Waals surface area contributed by atoms with Crippen LogP contribution in [0.15, 0.2) is 0 Å². The average Bonchev–Trinajstić information content (AvgIpc) is 2.52. The average molecular weight is 291 g/mol. The highest BCUT2D eigenvalue weighted by molar-refractivity contribution is 7.55. The van der Waals surface area contributed by atoms with Crippen molar-refractivity contribution in [1.29, 1.82) is 0 Å². The van der Waals surface area contributed by atoms with Crippen molar-refractivity contribution in [2.45, 2.75) is 66.2 Å². The maximum Gasteiger partial charge on any atom is 0.350 e. The van der Waals surface area contributed by atoms with Crippen LogP contribution in [0.4, 0.5) is 0 Å². The molecule has 0 bridgehead atoms. The Hall–Kier alpha value is 0.110. The maximum atomic E-state index is 13.2. The predicted molar refractivity (Wildman–Crippen MR) is 79.4 cm³/mol. The van der Waals surface area contributed by atoms with Gasteiger partial charge >= 0.3 is 7.60 Å². The van der Waals surface area contributed by atoms with Gasteiger partial charge in [-0.3, -0.25) is 9.88 Å². The second-order valence-electron chi connectivity index (χ2n) is 6.49. The fraction of sp³-hybridized carbons (Fsp3) is 1.00. The lowest BCUT2D eigenvalue weighted by atomic mass is 9.82. The van der Waals surface area contributed by atoms with Crippen molar-refractivity contribution in [2.75, 3.05) is 13.2 Å². The lowest BCUT2D eigenvalue weighted by molar-refractivity contribution is 0.158. The molecule has 2 atom stereocenters. The summed E-state index contributed by atoms with van der Waals surface area (Å²) >= 11 is 0. The van der Waals surface area contributed by atoms with Crippen LogP contribution in [0.2, 0.25) is 0 Å². The van der Waals surface area contributed by atoms with Gasteiger partial charge in [0, 0.05) is 6.04 Å². The first-order valence-electron chi connectivity index (χ1n) is 7.30. The summed E-state index contributed by atoms with van der Waals surface area (Å²) in [5, 5.41) is 2.92. The van der Waals surface area contributed by atoms with Gasteiger partial charge in [0.15, 0.2) is 0 Å². The molecule has 114 valence electrons. The van der Waals surface area contributed by atoms with E-state index in [1.165, 1.54) is 0 Å². The molecule has 0 aliphatic carbocycles. The van der Waals surface area contributed by atoms with Crippen LogP contribution in [-0.2, 0) is 13.6 Å². The third-order valence-electron chi connectivity index (χ3n) is 4.47. The summed E-state index contributed by atoms with van der Waals surface area (Å²) in [7, 11) is -3.19. The first kappa shape index (κ1) is 17.2. The van der Waals surface area contributed by atoms with E-state index in [2.05, 4.69) is 33.0 Å². The van der Waals surface area contributed by atoms with Crippen molar-refractivity contribution >= 4 is 7.60 Å². The minimum Gasteiger partial charge on any atom is -0.308 e. The molecule has 0 radical (unpaired) electrons. The van der Waals surface area contributed by atoms with Gasteiger partial charge in [-0.05, 0) is 38.5 Å². The fourth-order valence-corrected chi connectivity index (χ4v) is 5.27. The standard InChI is InChI=1S/C14H30NO3P/c1-8-17-19(16,18-9-2)14(7)13(5,6)10-12(15-14)11(3)4/h11-12,15H,8-10H2,1-7H3/t12-,14-/m1/s1. The van der Waals surface area contributed by atoms with Crippen molar-refractivity contribution in [1.82, 2.24) is 5.32 Å². The van der Waals surface area contributed by atoms with Gasteiger partial charge in [0.2, 0.25) is 0 Å². The molecule has 1 rings (SSSR count). The summed E-state index contributed by atoms with van der Waals surface area (Å²) in [4.78, 5) is 0. The Kier molecular flexibility index (Phi) is 5.28. The molecular formula is C14H30NO3P. The third kappa shape index (κ3) is 2.92. The summed E-state index contributed by atoms with van der Waals surface area (Å²) in [5.41, 5.74) is -0.137. The monoisotopic (exact) mass is 291 g/mol. The lowest BCUT2D eigenvalue weighted by Crippen LogP contribution is -2.49. The van der Waals surface area contributed by atoms with Crippen LogP contribution in [0.3, 0.4) is 0 Å². The van der Waals surface area contributed by atoms with Gasteiger partial charge in [0.25, 0.3) is 0 Å². The number of nitrogens with one attached hydrogen (secondary N) is 1. The van der Waals surface area contributed by atoms with Crippen molar-refractivity contribution in [2.24, 2.45) is 11.3 Å². The van der Waals surface area contributed by atoms with Gasteiger partial charge < -0.3 is 9.05 Å². The van der Waals surface area contributed by atoms with E-state index in [1.54, 1.807) is 0 Å². The minimum absolute atomic E-state index is 0.137. The smallest absolute Gasteiger partial charge is 0.308 e. The van der Waals surface area contributed by atoms with Crippen LogP contribution in [0.25, 0.3) is 0 Å². The van der Waals surface area contributed by atoms with E-state index in [9.17, 15) is 4.57 Å². The highest BCUT2D eigenvalue weighted by atomic mass is 31.2.